The first-order chi connectivity index (χ1) is 8.76. The Kier molecular flexibility index (Phi) is 5.98. The van der Waals surface area contributed by atoms with Gasteiger partial charge >= 0.3 is 0 Å². The summed E-state index contributed by atoms with van der Waals surface area (Å²) in [6, 6.07) is 7.13. The molecule has 0 saturated carbocycles. The predicted octanol–water partition coefficient (Wildman–Crippen LogP) is 1.50. The van der Waals surface area contributed by atoms with Crippen LogP contribution in [0.4, 0.5) is 0 Å². The summed E-state index contributed by atoms with van der Waals surface area (Å²) in [6.07, 6.45) is 0. The monoisotopic (exact) mass is 250 g/mol. The van der Waals surface area contributed by atoms with Crippen molar-refractivity contribution in [3.05, 3.63) is 23.8 Å². The summed E-state index contributed by atoms with van der Waals surface area (Å²) in [5, 5.41) is 12.3. The van der Waals surface area contributed by atoms with Crippen LogP contribution in [0.25, 0.3) is 0 Å². The largest absolute Gasteiger partial charge is 0.497 e. The van der Waals surface area contributed by atoms with E-state index in [1.807, 2.05) is 0 Å². The van der Waals surface area contributed by atoms with Crippen LogP contribution in [0, 0.1) is 11.3 Å². The lowest BCUT2D eigenvalue weighted by molar-refractivity contribution is 0.197. The van der Waals surface area contributed by atoms with Crippen LogP contribution < -0.4 is 14.8 Å². The van der Waals surface area contributed by atoms with Gasteiger partial charge in [0.25, 0.3) is 0 Å². The standard InChI is InChI=1S/C13H18N2O3/c1-16-7-6-15-12(9-14)11-8-10(17-2)4-5-13(11)18-3/h4-5,8,12,15H,6-7H2,1-3H3. The Balaban J connectivity index is 2.92. The molecule has 0 bridgehead atoms. The zero-order valence-electron chi connectivity index (χ0n) is 10.9. The van der Waals surface area contributed by atoms with Crippen molar-refractivity contribution in [2.24, 2.45) is 0 Å². The predicted molar refractivity (Wildman–Crippen MR) is 67.8 cm³/mol. The quantitative estimate of drug-likeness (QED) is 0.743. The Labute approximate surface area is 107 Å². The highest BCUT2D eigenvalue weighted by molar-refractivity contribution is 5.44. The Morgan fingerprint density at radius 3 is 2.61 bits per heavy atom. The van der Waals surface area contributed by atoms with E-state index in [0.29, 0.717) is 24.7 Å². The Bertz CT molecular complexity index is 415. The van der Waals surface area contributed by atoms with E-state index in [2.05, 4.69) is 11.4 Å². The molecule has 98 valence electrons. The zero-order chi connectivity index (χ0) is 13.4. The summed E-state index contributed by atoms with van der Waals surface area (Å²) in [4.78, 5) is 0. The average molecular weight is 250 g/mol. The fourth-order valence-electron chi connectivity index (χ4n) is 1.60. The van der Waals surface area contributed by atoms with Crippen molar-refractivity contribution in [3.8, 4) is 17.6 Å². The van der Waals surface area contributed by atoms with E-state index in [1.54, 1.807) is 39.5 Å². The SMILES string of the molecule is COCCNC(C#N)c1cc(OC)ccc1OC. The van der Waals surface area contributed by atoms with Gasteiger partial charge in [0.2, 0.25) is 0 Å². The number of nitrogens with zero attached hydrogens (tertiary/aromatic N) is 1. The van der Waals surface area contributed by atoms with Crippen LogP contribution in [-0.4, -0.2) is 34.5 Å². The molecule has 18 heavy (non-hydrogen) atoms. The molecule has 0 aliphatic carbocycles. The van der Waals surface area contributed by atoms with Crippen molar-refractivity contribution in [1.82, 2.24) is 5.32 Å². The molecule has 1 atom stereocenters. The molecule has 0 heterocycles. The van der Waals surface area contributed by atoms with Gasteiger partial charge in [-0.3, -0.25) is 5.32 Å². The number of nitriles is 1. The lowest BCUT2D eigenvalue weighted by Gasteiger charge is -2.16. The maximum Gasteiger partial charge on any atom is 0.125 e. The Morgan fingerprint density at radius 2 is 2.06 bits per heavy atom. The van der Waals surface area contributed by atoms with E-state index in [1.165, 1.54) is 0 Å². The smallest absolute Gasteiger partial charge is 0.125 e. The minimum atomic E-state index is -0.454. The van der Waals surface area contributed by atoms with Crippen LogP contribution >= 0.6 is 0 Å². The van der Waals surface area contributed by atoms with E-state index in [-0.39, 0.29) is 0 Å². The van der Waals surface area contributed by atoms with Gasteiger partial charge in [0.05, 0.1) is 26.9 Å². The Morgan fingerprint density at radius 1 is 1.28 bits per heavy atom. The third-order valence-corrected chi connectivity index (χ3v) is 2.53. The normalized spacial score (nSPS) is 11.7. The molecule has 1 aromatic carbocycles. The lowest BCUT2D eigenvalue weighted by atomic mass is 10.1. The van der Waals surface area contributed by atoms with Crippen molar-refractivity contribution < 1.29 is 14.2 Å². The van der Waals surface area contributed by atoms with Gasteiger partial charge in [-0.2, -0.15) is 5.26 Å². The van der Waals surface area contributed by atoms with Crippen LogP contribution in [0.5, 0.6) is 11.5 Å². The van der Waals surface area contributed by atoms with E-state index in [0.717, 1.165) is 5.56 Å². The number of methoxy groups -OCH3 is 3. The highest BCUT2D eigenvalue weighted by Crippen LogP contribution is 2.28. The minimum Gasteiger partial charge on any atom is -0.497 e. The third kappa shape index (κ3) is 3.62. The van der Waals surface area contributed by atoms with Crippen LogP contribution in [-0.2, 0) is 4.74 Å². The molecule has 0 aromatic heterocycles. The van der Waals surface area contributed by atoms with Crippen molar-refractivity contribution >= 4 is 0 Å². The molecule has 0 radical (unpaired) electrons. The van der Waals surface area contributed by atoms with Gasteiger partial charge in [0.15, 0.2) is 0 Å². The van der Waals surface area contributed by atoms with E-state index < -0.39 is 6.04 Å². The summed E-state index contributed by atoms with van der Waals surface area (Å²) in [5.74, 6) is 1.35. The maximum atomic E-state index is 9.21. The molecule has 1 rings (SSSR count). The minimum absolute atomic E-state index is 0.454. The topological polar surface area (TPSA) is 63.5 Å². The number of rotatable bonds is 7. The molecule has 0 fully saturated rings. The van der Waals surface area contributed by atoms with Crippen molar-refractivity contribution in [3.63, 3.8) is 0 Å². The number of benzene rings is 1. The highest BCUT2D eigenvalue weighted by atomic mass is 16.5. The van der Waals surface area contributed by atoms with Crippen molar-refractivity contribution in [2.75, 3.05) is 34.5 Å². The molecule has 0 amide bonds. The molecular weight excluding hydrogens is 232 g/mol. The van der Waals surface area contributed by atoms with Gasteiger partial charge in [-0.25, -0.2) is 0 Å². The Hall–Kier alpha value is -1.77. The second-order valence-corrected chi connectivity index (χ2v) is 3.62. The molecule has 0 aliphatic rings. The summed E-state index contributed by atoms with van der Waals surface area (Å²) in [7, 11) is 4.79. The van der Waals surface area contributed by atoms with E-state index in [9.17, 15) is 5.26 Å². The lowest BCUT2D eigenvalue weighted by Crippen LogP contribution is -2.24. The van der Waals surface area contributed by atoms with E-state index >= 15 is 0 Å². The summed E-state index contributed by atoms with van der Waals surface area (Å²) >= 11 is 0. The molecule has 0 saturated heterocycles. The van der Waals surface area contributed by atoms with Gasteiger partial charge in [-0.05, 0) is 18.2 Å². The van der Waals surface area contributed by atoms with Gasteiger partial charge in [-0.15, -0.1) is 0 Å². The van der Waals surface area contributed by atoms with Crippen LogP contribution in [0.3, 0.4) is 0 Å². The summed E-state index contributed by atoms with van der Waals surface area (Å²) < 4.78 is 15.4. The molecule has 5 heteroatoms. The first-order valence-corrected chi connectivity index (χ1v) is 5.60. The second-order valence-electron chi connectivity index (χ2n) is 3.62. The van der Waals surface area contributed by atoms with Crippen LogP contribution in [0.15, 0.2) is 18.2 Å². The molecule has 5 nitrogen and oxygen atoms in total. The van der Waals surface area contributed by atoms with Gasteiger partial charge in [0.1, 0.15) is 17.5 Å². The van der Waals surface area contributed by atoms with Crippen molar-refractivity contribution in [1.29, 1.82) is 5.26 Å². The first-order valence-electron chi connectivity index (χ1n) is 5.60. The van der Waals surface area contributed by atoms with Gasteiger partial charge in [0, 0.05) is 19.2 Å². The number of ether oxygens (including phenoxy) is 3. The summed E-state index contributed by atoms with van der Waals surface area (Å²) in [6.45, 7) is 1.14. The maximum absolute atomic E-state index is 9.21. The zero-order valence-corrected chi connectivity index (χ0v) is 10.9. The van der Waals surface area contributed by atoms with Crippen LogP contribution in [0.1, 0.15) is 11.6 Å². The number of hydrogen-bond acceptors (Lipinski definition) is 5. The molecule has 1 aromatic rings. The highest BCUT2D eigenvalue weighted by Gasteiger charge is 2.15. The molecule has 1 unspecified atom stereocenters. The first kappa shape index (κ1) is 14.3. The second kappa shape index (κ2) is 7.54. The average Bonchev–Trinajstić information content (AvgIpc) is 2.43. The third-order valence-electron chi connectivity index (χ3n) is 2.53. The van der Waals surface area contributed by atoms with Gasteiger partial charge < -0.3 is 14.2 Å². The molecule has 1 N–H and O–H groups in total. The number of hydrogen-bond donors (Lipinski definition) is 1. The van der Waals surface area contributed by atoms with Crippen LogP contribution in [0.2, 0.25) is 0 Å². The fourth-order valence-corrected chi connectivity index (χ4v) is 1.60. The molecule has 0 spiro atoms. The molecule has 0 aliphatic heterocycles. The summed E-state index contributed by atoms with van der Waals surface area (Å²) in [5.41, 5.74) is 0.760. The fraction of sp³-hybridized carbons (Fsp3) is 0.462. The van der Waals surface area contributed by atoms with Crippen molar-refractivity contribution in [2.45, 2.75) is 6.04 Å². The molecular formula is C13H18N2O3. The number of nitrogens with one attached hydrogen (secondary N) is 1. The van der Waals surface area contributed by atoms with Gasteiger partial charge in [-0.1, -0.05) is 0 Å². The van der Waals surface area contributed by atoms with E-state index in [4.69, 9.17) is 14.2 Å².